The Morgan fingerprint density at radius 1 is 1.19 bits per heavy atom. The van der Waals surface area contributed by atoms with Crippen LogP contribution in [0, 0.1) is 10.1 Å². The molecule has 3 aromatic rings. The van der Waals surface area contributed by atoms with E-state index < -0.39 is 40.9 Å². The number of rotatable bonds is 10. The number of nitrogens with two attached hydrogens (primary N) is 2. The maximum absolute atomic E-state index is 12.5. The first-order chi connectivity index (χ1) is 17.0. The molecule has 0 spiro atoms. The van der Waals surface area contributed by atoms with Crippen LogP contribution < -0.4 is 21.7 Å². The van der Waals surface area contributed by atoms with Crippen LogP contribution in [0.15, 0.2) is 24.4 Å². The standard InChI is InChI=1S/C20H21N9O7/c1-28(8-10-7-23-17-15(24-10)16(21)26-20(22)27-17)12-4-2-9(6-13(12)29(35)36)18(32)25-11(19(33)34)3-5-14(30)31/h2,4,6-7,11H,3,5,8H2,1H3,(H,25,32)(H,30,31)(H,33,34)(H4,21,22,23,26,27)/t11-/m0/s1. The molecule has 0 saturated carbocycles. The molecule has 0 fully saturated rings. The van der Waals surface area contributed by atoms with Gasteiger partial charge in [0.05, 0.1) is 23.4 Å². The van der Waals surface area contributed by atoms with Crippen molar-refractivity contribution in [3.63, 3.8) is 0 Å². The van der Waals surface area contributed by atoms with Crippen LogP contribution in [0.5, 0.6) is 0 Å². The molecule has 0 aliphatic rings. The van der Waals surface area contributed by atoms with E-state index in [0.717, 1.165) is 6.07 Å². The van der Waals surface area contributed by atoms with Gasteiger partial charge in [0.25, 0.3) is 11.6 Å². The molecular weight excluding hydrogens is 478 g/mol. The summed E-state index contributed by atoms with van der Waals surface area (Å²) in [6, 6.07) is 2.13. The van der Waals surface area contributed by atoms with E-state index in [0.29, 0.717) is 5.69 Å². The summed E-state index contributed by atoms with van der Waals surface area (Å²) in [6.45, 7) is 0.0649. The summed E-state index contributed by atoms with van der Waals surface area (Å²) < 4.78 is 0. The number of amides is 1. The van der Waals surface area contributed by atoms with Crippen LogP contribution in [0.3, 0.4) is 0 Å². The Morgan fingerprint density at radius 3 is 2.56 bits per heavy atom. The van der Waals surface area contributed by atoms with Crippen LogP contribution in [-0.2, 0) is 16.1 Å². The van der Waals surface area contributed by atoms with E-state index in [1.807, 2.05) is 0 Å². The molecule has 1 atom stereocenters. The lowest BCUT2D eigenvalue weighted by Crippen LogP contribution is -2.41. The molecule has 1 amide bonds. The quantitative estimate of drug-likeness (QED) is 0.184. The number of nitro benzene ring substituents is 1. The summed E-state index contributed by atoms with van der Waals surface area (Å²) >= 11 is 0. The molecule has 0 aliphatic heterocycles. The topological polar surface area (TPSA) is 254 Å². The minimum atomic E-state index is -1.48. The van der Waals surface area contributed by atoms with Crippen molar-refractivity contribution in [1.29, 1.82) is 0 Å². The van der Waals surface area contributed by atoms with Gasteiger partial charge in [0, 0.05) is 25.1 Å². The van der Waals surface area contributed by atoms with Crippen molar-refractivity contribution in [2.75, 3.05) is 23.4 Å². The van der Waals surface area contributed by atoms with Gasteiger partial charge in [-0.3, -0.25) is 19.7 Å². The van der Waals surface area contributed by atoms with Crippen molar-refractivity contribution in [1.82, 2.24) is 25.3 Å². The highest BCUT2D eigenvalue weighted by Gasteiger charge is 2.25. The van der Waals surface area contributed by atoms with Gasteiger partial charge in [-0.25, -0.2) is 14.8 Å². The van der Waals surface area contributed by atoms with E-state index in [4.69, 9.17) is 16.6 Å². The molecule has 7 N–H and O–H groups in total. The van der Waals surface area contributed by atoms with E-state index in [9.17, 15) is 29.6 Å². The number of carboxylic acid groups (broad SMARTS) is 2. The maximum Gasteiger partial charge on any atom is 0.326 e. The first-order valence-electron chi connectivity index (χ1n) is 10.3. The fraction of sp³-hybridized carbons (Fsp3) is 0.250. The lowest BCUT2D eigenvalue weighted by molar-refractivity contribution is -0.384. The van der Waals surface area contributed by atoms with Gasteiger partial charge in [0.1, 0.15) is 11.7 Å². The van der Waals surface area contributed by atoms with Crippen LogP contribution in [0.25, 0.3) is 11.2 Å². The van der Waals surface area contributed by atoms with E-state index >= 15 is 0 Å². The Balaban J connectivity index is 1.83. The van der Waals surface area contributed by atoms with Gasteiger partial charge in [0.15, 0.2) is 17.0 Å². The number of nitro groups is 1. The maximum atomic E-state index is 12.5. The third-order valence-electron chi connectivity index (χ3n) is 5.00. The van der Waals surface area contributed by atoms with Gasteiger partial charge < -0.3 is 31.9 Å². The fourth-order valence-corrected chi connectivity index (χ4v) is 3.29. The Labute approximate surface area is 202 Å². The summed E-state index contributed by atoms with van der Waals surface area (Å²) in [5.41, 5.74) is 11.7. The van der Waals surface area contributed by atoms with Gasteiger partial charge in [-0.15, -0.1) is 0 Å². The molecular formula is C20H21N9O7. The number of benzene rings is 1. The second-order valence-corrected chi connectivity index (χ2v) is 7.61. The van der Waals surface area contributed by atoms with Gasteiger partial charge in [-0.1, -0.05) is 0 Å². The molecule has 2 heterocycles. The summed E-state index contributed by atoms with van der Waals surface area (Å²) in [4.78, 5) is 63.4. The molecule has 0 saturated heterocycles. The Hall–Kier alpha value is -5.15. The molecule has 188 valence electrons. The number of hydrogen-bond acceptors (Lipinski definition) is 12. The first kappa shape index (κ1) is 25.5. The molecule has 2 aromatic heterocycles. The highest BCUT2D eigenvalue weighted by molar-refractivity contribution is 5.98. The number of aromatic nitrogens is 4. The van der Waals surface area contributed by atoms with Crippen LogP contribution in [-0.4, -0.2) is 66.0 Å². The number of carbonyl (C=O) groups is 3. The first-order valence-corrected chi connectivity index (χ1v) is 10.3. The van der Waals surface area contributed by atoms with Crippen molar-refractivity contribution in [2.45, 2.75) is 25.4 Å². The molecule has 1 aromatic carbocycles. The van der Waals surface area contributed by atoms with Gasteiger partial charge in [-0.2, -0.15) is 9.97 Å². The molecule has 0 radical (unpaired) electrons. The van der Waals surface area contributed by atoms with Gasteiger partial charge >= 0.3 is 11.9 Å². The van der Waals surface area contributed by atoms with Crippen molar-refractivity contribution >= 4 is 52.2 Å². The molecule has 36 heavy (non-hydrogen) atoms. The van der Waals surface area contributed by atoms with Crippen LogP contribution in [0.4, 0.5) is 23.1 Å². The normalized spacial score (nSPS) is 11.6. The van der Waals surface area contributed by atoms with Crippen LogP contribution in [0.1, 0.15) is 28.9 Å². The summed E-state index contributed by atoms with van der Waals surface area (Å²) in [7, 11) is 1.56. The SMILES string of the molecule is CN(Cc1cnc2nc(N)nc(N)c2n1)c1ccc(C(=O)N[C@@H](CCC(=O)O)C(=O)O)cc1[N+](=O)[O-]. The fourth-order valence-electron chi connectivity index (χ4n) is 3.29. The minimum Gasteiger partial charge on any atom is -0.481 e. The van der Waals surface area contributed by atoms with E-state index in [1.54, 1.807) is 7.05 Å². The van der Waals surface area contributed by atoms with Crippen molar-refractivity contribution in [3.05, 3.63) is 45.8 Å². The molecule has 3 rings (SSSR count). The van der Waals surface area contributed by atoms with Crippen molar-refractivity contribution in [3.8, 4) is 0 Å². The molecule has 16 heteroatoms. The highest BCUT2D eigenvalue weighted by atomic mass is 16.6. The zero-order valence-electron chi connectivity index (χ0n) is 18.8. The summed E-state index contributed by atoms with van der Waals surface area (Å²) in [6.07, 6.45) is 0.569. The smallest absolute Gasteiger partial charge is 0.326 e. The second-order valence-electron chi connectivity index (χ2n) is 7.61. The molecule has 0 aliphatic carbocycles. The Kier molecular flexibility index (Phi) is 7.37. The van der Waals surface area contributed by atoms with E-state index in [2.05, 4.69) is 25.3 Å². The third kappa shape index (κ3) is 5.85. The Bertz CT molecular complexity index is 1360. The number of nitrogen functional groups attached to an aromatic ring is 2. The van der Waals surface area contributed by atoms with Gasteiger partial charge in [-0.05, 0) is 18.6 Å². The lowest BCUT2D eigenvalue weighted by atomic mass is 10.1. The highest BCUT2D eigenvalue weighted by Crippen LogP contribution is 2.29. The van der Waals surface area contributed by atoms with Gasteiger partial charge in [0.2, 0.25) is 5.95 Å². The summed E-state index contributed by atoms with van der Waals surface area (Å²) in [5, 5.41) is 31.9. The number of hydrogen-bond donors (Lipinski definition) is 5. The number of fused-ring (bicyclic) bond motifs is 1. The summed E-state index contributed by atoms with van der Waals surface area (Å²) in [5.74, 6) is -3.59. The third-order valence-corrected chi connectivity index (χ3v) is 5.00. The predicted octanol–water partition coefficient (Wildman–Crippen LogP) is 0.177. The number of aliphatic carboxylic acids is 2. The molecule has 0 unspecified atom stereocenters. The average molecular weight is 499 g/mol. The van der Waals surface area contributed by atoms with Crippen LogP contribution >= 0.6 is 0 Å². The number of anilines is 3. The number of nitrogens with zero attached hydrogens (tertiary/aromatic N) is 6. The lowest BCUT2D eigenvalue weighted by Gasteiger charge is -2.19. The van der Waals surface area contributed by atoms with E-state index in [-0.39, 0.29) is 47.1 Å². The Morgan fingerprint density at radius 2 is 1.92 bits per heavy atom. The van der Waals surface area contributed by atoms with E-state index in [1.165, 1.54) is 23.2 Å². The zero-order valence-corrected chi connectivity index (χ0v) is 18.8. The largest absolute Gasteiger partial charge is 0.481 e. The monoisotopic (exact) mass is 499 g/mol. The minimum absolute atomic E-state index is 0.0267. The molecule has 16 nitrogen and oxygen atoms in total. The predicted molar refractivity (Wildman–Crippen MR) is 125 cm³/mol. The molecule has 0 bridgehead atoms. The zero-order chi connectivity index (χ0) is 26.6. The van der Waals surface area contributed by atoms with Crippen LogP contribution in [0.2, 0.25) is 0 Å². The second kappa shape index (κ2) is 10.4. The number of carbonyl (C=O) groups excluding carboxylic acids is 1. The average Bonchev–Trinajstić information content (AvgIpc) is 2.81. The van der Waals surface area contributed by atoms with Crippen molar-refractivity contribution < 1.29 is 29.5 Å². The number of carboxylic acids is 2. The van der Waals surface area contributed by atoms with Crippen molar-refractivity contribution in [2.24, 2.45) is 0 Å². The number of nitrogens with one attached hydrogen (secondary N) is 1.